The van der Waals surface area contributed by atoms with Crippen LogP contribution in [0, 0.1) is 5.92 Å². The highest BCUT2D eigenvalue weighted by atomic mass is 16.3. The minimum Gasteiger partial charge on any atom is -0.460 e. The summed E-state index contributed by atoms with van der Waals surface area (Å²) in [5.41, 5.74) is 2.15. The van der Waals surface area contributed by atoms with E-state index >= 15 is 0 Å². The maximum atomic E-state index is 11.7. The van der Waals surface area contributed by atoms with Gasteiger partial charge >= 0.3 is 0 Å². The van der Waals surface area contributed by atoms with Gasteiger partial charge in [-0.25, -0.2) is 5.43 Å². The largest absolute Gasteiger partial charge is 0.460 e. The van der Waals surface area contributed by atoms with Crippen LogP contribution >= 0.6 is 0 Å². The second kappa shape index (κ2) is 6.01. The van der Waals surface area contributed by atoms with Crippen LogP contribution in [0.5, 0.6) is 0 Å². The van der Waals surface area contributed by atoms with E-state index in [9.17, 15) is 9.59 Å². The zero-order valence-electron chi connectivity index (χ0n) is 12.2. The molecule has 1 N–H and O–H groups in total. The summed E-state index contributed by atoms with van der Waals surface area (Å²) in [7, 11) is 0. The van der Waals surface area contributed by atoms with Crippen LogP contribution in [0.2, 0.25) is 0 Å². The van der Waals surface area contributed by atoms with Crippen molar-refractivity contribution in [1.82, 2.24) is 9.99 Å². The molecule has 114 valence electrons. The van der Waals surface area contributed by atoms with Crippen LogP contribution in [0.3, 0.4) is 0 Å². The minimum absolute atomic E-state index is 0.0694. The molecule has 2 aromatic rings. The van der Waals surface area contributed by atoms with Crippen LogP contribution in [-0.4, -0.2) is 16.7 Å². The van der Waals surface area contributed by atoms with Gasteiger partial charge < -0.3 is 8.98 Å². The maximum Gasteiger partial charge on any atom is 0.260 e. The van der Waals surface area contributed by atoms with Crippen molar-refractivity contribution in [1.29, 1.82) is 0 Å². The zero-order valence-corrected chi connectivity index (χ0v) is 12.2. The number of carbonyl (C=O) groups excluding carboxylic acids is 1. The highest BCUT2D eigenvalue weighted by Crippen LogP contribution is 2.47. The molecule has 1 aliphatic rings. The van der Waals surface area contributed by atoms with Crippen molar-refractivity contribution in [3.63, 3.8) is 0 Å². The molecule has 6 heteroatoms. The molecule has 0 bridgehead atoms. The average Bonchev–Trinajstić information content (AvgIpc) is 3.04. The number of pyridine rings is 1. The first-order chi connectivity index (χ1) is 10.6. The van der Waals surface area contributed by atoms with E-state index in [4.69, 9.17) is 4.42 Å². The van der Waals surface area contributed by atoms with Crippen molar-refractivity contribution >= 4 is 12.1 Å². The molecule has 2 aromatic heterocycles. The number of carbonyl (C=O) groups is 1. The second-order valence-corrected chi connectivity index (χ2v) is 5.52. The summed E-state index contributed by atoms with van der Waals surface area (Å²) >= 11 is 0. The van der Waals surface area contributed by atoms with Crippen molar-refractivity contribution in [2.75, 3.05) is 0 Å². The van der Waals surface area contributed by atoms with Gasteiger partial charge in [-0.2, -0.15) is 5.10 Å². The zero-order chi connectivity index (χ0) is 15.5. The molecule has 3 rings (SSSR count). The van der Waals surface area contributed by atoms with Gasteiger partial charge in [0.05, 0.1) is 6.21 Å². The van der Waals surface area contributed by atoms with Gasteiger partial charge in [-0.15, -0.1) is 0 Å². The lowest BCUT2D eigenvalue weighted by Crippen LogP contribution is -2.28. The number of hydrogen-bond acceptors (Lipinski definition) is 4. The Morgan fingerprint density at radius 1 is 1.45 bits per heavy atom. The van der Waals surface area contributed by atoms with Crippen molar-refractivity contribution in [2.24, 2.45) is 11.0 Å². The number of hydrogen-bond donors (Lipinski definition) is 1. The summed E-state index contributed by atoms with van der Waals surface area (Å²) in [5.74, 6) is 2.40. The van der Waals surface area contributed by atoms with E-state index in [0.29, 0.717) is 17.6 Å². The highest BCUT2D eigenvalue weighted by Gasteiger charge is 2.36. The van der Waals surface area contributed by atoms with E-state index in [0.717, 1.165) is 12.2 Å². The SMILES string of the molecule is C[C@@H]1C[C@@H]1c1ccc(/C=N\NC(=O)Cn2ccccc2=O)o1. The molecule has 6 nitrogen and oxygen atoms in total. The lowest BCUT2D eigenvalue weighted by atomic mass is 10.3. The van der Waals surface area contributed by atoms with Gasteiger partial charge in [-0.3, -0.25) is 9.59 Å². The molecule has 0 spiro atoms. The number of hydrazone groups is 1. The third-order valence-electron chi connectivity index (χ3n) is 3.72. The molecule has 0 unspecified atom stereocenters. The molecule has 1 saturated carbocycles. The molecule has 0 aromatic carbocycles. The van der Waals surface area contributed by atoms with Crippen LogP contribution < -0.4 is 11.0 Å². The summed E-state index contributed by atoms with van der Waals surface area (Å²) in [4.78, 5) is 23.2. The van der Waals surface area contributed by atoms with Gasteiger partial charge in [0.2, 0.25) is 0 Å². The third kappa shape index (κ3) is 3.33. The Kier molecular flexibility index (Phi) is 3.91. The van der Waals surface area contributed by atoms with Crippen molar-refractivity contribution in [3.05, 3.63) is 58.4 Å². The van der Waals surface area contributed by atoms with Gasteiger partial charge in [-0.1, -0.05) is 13.0 Å². The van der Waals surface area contributed by atoms with E-state index in [-0.39, 0.29) is 18.0 Å². The first-order valence-corrected chi connectivity index (χ1v) is 7.20. The summed E-state index contributed by atoms with van der Waals surface area (Å²) in [6.45, 7) is 2.12. The van der Waals surface area contributed by atoms with Crippen LogP contribution in [-0.2, 0) is 11.3 Å². The lowest BCUT2D eigenvalue weighted by molar-refractivity contribution is -0.121. The predicted octanol–water partition coefficient (Wildman–Crippen LogP) is 1.72. The van der Waals surface area contributed by atoms with Gasteiger partial charge in [0.25, 0.3) is 11.5 Å². The van der Waals surface area contributed by atoms with Crippen molar-refractivity contribution in [2.45, 2.75) is 25.8 Å². The number of amides is 1. The van der Waals surface area contributed by atoms with Gasteiger partial charge in [0, 0.05) is 18.2 Å². The maximum absolute atomic E-state index is 11.7. The van der Waals surface area contributed by atoms with E-state index in [1.165, 1.54) is 16.8 Å². The minimum atomic E-state index is -0.368. The van der Waals surface area contributed by atoms with Gasteiger partial charge in [0.1, 0.15) is 18.1 Å². The number of aromatic nitrogens is 1. The van der Waals surface area contributed by atoms with Gasteiger partial charge in [-0.05, 0) is 30.5 Å². The lowest BCUT2D eigenvalue weighted by Gasteiger charge is -2.02. The average molecular weight is 299 g/mol. The smallest absolute Gasteiger partial charge is 0.260 e. The van der Waals surface area contributed by atoms with Gasteiger partial charge in [0.15, 0.2) is 0 Å². The third-order valence-corrected chi connectivity index (χ3v) is 3.72. The molecular weight excluding hydrogens is 282 g/mol. The molecule has 2 heterocycles. The summed E-state index contributed by atoms with van der Waals surface area (Å²) in [6.07, 6.45) is 4.18. The second-order valence-electron chi connectivity index (χ2n) is 5.52. The van der Waals surface area contributed by atoms with Crippen LogP contribution in [0.4, 0.5) is 0 Å². The number of rotatable bonds is 5. The molecular formula is C16H17N3O3. The summed E-state index contributed by atoms with van der Waals surface area (Å²) < 4.78 is 6.95. The topological polar surface area (TPSA) is 76.6 Å². The predicted molar refractivity (Wildman–Crippen MR) is 81.7 cm³/mol. The highest BCUT2D eigenvalue weighted by molar-refractivity contribution is 5.80. The number of furan rings is 1. The number of nitrogens with one attached hydrogen (secondary N) is 1. The van der Waals surface area contributed by atoms with E-state index < -0.39 is 0 Å². The summed E-state index contributed by atoms with van der Waals surface area (Å²) in [6, 6.07) is 8.50. The Bertz CT molecular complexity index is 760. The molecule has 2 atom stereocenters. The standard InChI is InChI=1S/C16H17N3O3/c1-11-8-13(11)14-6-5-12(22-14)9-17-18-15(20)10-19-7-3-2-4-16(19)21/h2-7,9,11,13H,8,10H2,1H3,(H,18,20)/b17-9-/t11-,13+/m1/s1. The van der Waals surface area contributed by atoms with Crippen molar-refractivity contribution in [3.8, 4) is 0 Å². The quantitative estimate of drug-likeness (QED) is 0.674. The fourth-order valence-corrected chi connectivity index (χ4v) is 2.30. The molecule has 1 aliphatic carbocycles. The number of nitrogens with zero attached hydrogens (tertiary/aromatic N) is 2. The van der Waals surface area contributed by atoms with Crippen LogP contribution in [0.15, 0.2) is 50.8 Å². The first-order valence-electron chi connectivity index (χ1n) is 7.20. The van der Waals surface area contributed by atoms with Crippen LogP contribution in [0.25, 0.3) is 0 Å². The Morgan fingerprint density at radius 2 is 2.27 bits per heavy atom. The molecule has 0 radical (unpaired) electrons. The molecule has 0 aliphatic heterocycles. The molecule has 22 heavy (non-hydrogen) atoms. The molecule has 1 amide bonds. The monoisotopic (exact) mass is 299 g/mol. The van der Waals surface area contributed by atoms with Crippen LogP contribution in [0.1, 0.15) is 30.8 Å². The Morgan fingerprint density at radius 3 is 3.00 bits per heavy atom. The van der Waals surface area contributed by atoms with E-state index in [2.05, 4.69) is 17.5 Å². The molecule has 1 fully saturated rings. The Labute approximate surface area is 127 Å². The summed E-state index contributed by atoms with van der Waals surface area (Å²) in [5, 5.41) is 3.85. The van der Waals surface area contributed by atoms with E-state index in [1.807, 2.05) is 12.1 Å². The Balaban J connectivity index is 1.53. The first kappa shape index (κ1) is 14.3. The fraction of sp³-hybridized carbons (Fsp3) is 0.312. The van der Waals surface area contributed by atoms with E-state index in [1.54, 1.807) is 18.3 Å². The molecule has 0 saturated heterocycles. The Hall–Kier alpha value is -2.63. The van der Waals surface area contributed by atoms with Crippen molar-refractivity contribution < 1.29 is 9.21 Å². The normalized spacial score (nSPS) is 20.2. The fourth-order valence-electron chi connectivity index (χ4n) is 2.30.